The average molecular weight is 213 g/mol. The summed E-state index contributed by atoms with van der Waals surface area (Å²) in [5.74, 6) is 0.592. The Morgan fingerprint density at radius 2 is 1.80 bits per heavy atom. The Morgan fingerprint density at radius 3 is 2.27 bits per heavy atom. The van der Waals surface area contributed by atoms with Crippen LogP contribution in [-0.2, 0) is 4.79 Å². The van der Waals surface area contributed by atoms with Crippen molar-refractivity contribution in [1.82, 2.24) is 4.90 Å². The van der Waals surface area contributed by atoms with Gasteiger partial charge in [-0.05, 0) is 51.1 Å². The van der Waals surface area contributed by atoms with E-state index in [1.807, 2.05) is 0 Å². The minimum Gasteiger partial charge on any atom is -0.481 e. The first-order valence-electron chi connectivity index (χ1n) is 6.02. The minimum absolute atomic E-state index is 0.371. The minimum atomic E-state index is -0.635. The number of aliphatic carboxylic acids is 1. The highest BCUT2D eigenvalue weighted by Crippen LogP contribution is 2.30. The molecule has 1 saturated carbocycles. The SMILES string of the molecule is CCN(C)C[C@H]1CC[C@@H](CC(=O)O)CC1. The fourth-order valence-electron chi connectivity index (χ4n) is 2.44. The third kappa shape index (κ3) is 4.65. The van der Waals surface area contributed by atoms with Gasteiger partial charge in [0.15, 0.2) is 0 Å². The lowest BCUT2D eigenvalue weighted by Crippen LogP contribution is -2.28. The van der Waals surface area contributed by atoms with Crippen molar-refractivity contribution in [3.63, 3.8) is 0 Å². The lowest BCUT2D eigenvalue weighted by Gasteiger charge is -2.30. The zero-order chi connectivity index (χ0) is 11.3. The predicted molar refractivity (Wildman–Crippen MR) is 60.9 cm³/mol. The van der Waals surface area contributed by atoms with E-state index in [9.17, 15) is 4.79 Å². The van der Waals surface area contributed by atoms with Crippen LogP contribution in [0.3, 0.4) is 0 Å². The zero-order valence-corrected chi connectivity index (χ0v) is 9.91. The van der Waals surface area contributed by atoms with Gasteiger partial charge in [-0.25, -0.2) is 0 Å². The van der Waals surface area contributed by atoms with E-state index in [0.29, 0.717) is 12.3 Å². The smallest absolute Gasteiger partial charge is 0.303 e. The molecule has 1 aliphatic rings. The molecule has 3 heteroatoms. The molecule has 1 rings (SSSR count). The molecule has 0 aliphatic heterocycles. The number of hydrogen-bond acceptors (Lipinski definition) is 2. The Morgan fingerprint density at radius 1 is 1.27 bits per heavy atom. The van der Waals surface area contributed by atoms with Crippen molar-refractivity contribution in [3.05, 3.63) is 0 Å². The molecule has 88 valence electrons. The van der Waals surface area contributed by atoms with Crippen molar-refractivity contribution in [2.24, 2.45) is 11.8 Å². The first kappa shape index (κ1) is 12.5. The second-order valence-corrected chi connectivity index (χ2v) is 4.84. The van der Waals surface area contributed by atoms with Crippen LogP contribution < -0.4 is 0 Å². The van der Waals surface area contributed by atoms with Gasteiger partial charge in [0.05, 0.1) is 0 Å². The van der Waals surface area contributed by atoms with E-state index in [0.717, 1.165) is 25.3 Å². The third-order valence-corrected chi connectivity index (χ3v) is 3.54. The van der Waals surface area contributed by atoms with Gasteiger partial charge in [-0.1, -0.05) is 6.92 Å². The Bertz CT molecular complexity index is 198. The van der Waals surface area contributed by atoms with Gasteiger partial charge in [0.2, 0.25) is 0 Å². The maximum atomic E-state index is 10.6. The largest absolute Gasteiger partial charge is 0.481 e. The number of carboxylic acids is 1. The molecule has 0 unspecified atom stereocenters. The maximum absolute atomic E-state index is 10.6. The summed E-state index contributed by atoms with van der Waals surface area (Å²) in [7, 11) is 2.16. The van der Waals surface area contributed by atoms with Gasteiger partial charge in [-0.3, -0.25) is 4.79 Å². The Kier molecular flexibility index (Phi) is 5.09. The summed E-state index contributed by atoms with van der Waals surface area (Å²) in [6.45, 7) is 4.46. The molecule has 0 radical (unpaired) electrons. The number of nitrogens with zero attached hydrogens (tertiary/aromatic N) is 1. The molecule has 0 aromatic heterocycles. The highest BCUT2D eigenvalue weighted by molar-refractivity contribution is 5.67. The predicted octanol–water partition coefficient (Wildman–Crippen LogP) is 2.22. The molecule has 1 N–H and O–H groups in total. The molecule has 0 atom stereocenters. The van der Waals surface area contributed by atoms with E-state index in [2.05, 4.69) is 18.9 Å². The van der Waals surface area contributed by atoms with Gasteiger partial charge in [-0.15, -0.1) is 0 Å². The summed E-state index contributed by atoms with van der Waals surface area (Å²) in [6.07, 6.45) is 5.00. The summed E-state index contributed by atoms with van der Waals surface area (Å²) >= 11 is 0. The lowest BCUT2D eigenvalue weighted by atomic mass is 9.80. The van der Waals surface area contributed by atoms with E-state index < -0.39 is 5.97 Å². The molecule has 0 saturated heterocycles. The highest BCUT2D eigenvalue weighted by atomic mass is 16.4. The van der Waals surface area contributed by atoms with Gasteiger partial charge < -0.3 is 10.0 Å². The van der Waals surface area contributed by atoms with Crippen LogP contribution in [0.25, 0.3) is 0 Å². The van der Waals surface area contributed by atoms with Crippen LogP contribution >= 0.6 is 0 Å². The summed E-state index contributed by atoms with van der Waals surface area (Å²) in [5.41, 5.74) is 0. The third-order valence-electron chi connectivity index (χ3n) is 3.54. The van der Waals surface area contributed by atoms with Crippen LogP contribution in [0.15, 0.2) is 0 Å². The van der Waals surface area contributed by atoms with Crippen molar-refractivity contribution in [1.29, 1.82) is 0 Å². The van der Waals surface area contributed by atoms with E-state index in [4.69, 9.17) is 5.11 Å². The highest BCUT2D eigenvalue weighted by Gasteiger charge is 2.23. The summed E-state index contributed by atoms with van der Waals surface area (Å²) in [5, 5.41) is 8.71. The molecule has 3 nitrogen and oxygen atoms in total. The van der Waals surface area contributed by atoms with Crippen LogP contribution in [-0.4, -0.2) is 36.1 Å². The second kappa shape index (κ2) is 6.11. The standard InChI is InChI=1S/C12H23NO2/c1-3-13(2)9-11-6-4-10(5-7-11)8-12(14)15/h10-11H,3-9H2,1-2H3,(H,14,15)/t10-,11+. The quantitative estimate of drug-likeness (QED) is 0.761. The number of rotatable bonds is 5. The van der Waals surface area contributed by atoms with Crippen molar-refractivity contribution in [2.45, 2.75) is 39.0 Å². The number of hydrogen-bond donors (Lipinski definition) is 1. The van der Waals surface area contributed by atoms with Crippen LogP contribution in [0, 0.1) is 11.8 Å². The Labute approximate surface area is 92.5 Å². The molecule has 0 spiro atoms. The molecule has 1 aliphatic carbocycles. The zero-order valence-electron chi connectivity index (χ0n) is 9.91. The van der Waals surface area contributed by atoms with Crippen LogP contribution in [0.1, 0.15) is 39.0 Å². The van der Waals surface area contributed by atoms with E-state index in [-0.39, 0.29) is 0 Å². The fourth-order valence-corrected chi connectivity index (χ4v) is 2.44. The second-order valence-electron chi connectivity index (χ2n) is 4.84. The first-order valence-corrected chi connectivity index (χ1v) is 6.02. The van der Waals surface area contributed by atoms with E-state index in [1.165, 1.54) is 19.4 Å². The van der Waals surface area contributed by atoms with Gasteiger partial charge in [0.1, 0.15) is 0 Å². The van der Waals surface area contributed by atoms with Crippen molar-refractivity contribution < 1.29 is 9.90 Å². The fraction of sp³-hybridized carbons (Fsp3) is 0.917. The van der Waals surface area contributed by atoms with Crippen LogP contribution in [0.4, 0.5) is 0 Å². The molecule has 1 fully saturated rings. The summed E-state index contributed by atoms with van der Waals surface area (Å²) < 4.78 is 0. The van der Waals surface area contributed by atoms with E-state index >= 15 is 0 Å². The van der Waals surface area contributed by atoms with Gasteiger partial charge in [-0.2, -0.15) is 0 Å². The molecular weight excluding hydrogens is 190 g/mol. The molecule has 0 aromatic rings. The molecule has 15 heavy (non-hydrogen) atoms. The van der Waals surface area contributed by atoms with Gasteiger partial charge >= 0.3 is 5.97 Å². The van der Waals surface area contributed by atoms with Crippen molar-refractivity contribution >= 4 is 5.97 Å². The Balaban J connectivity index is 2.20. The molecule has 0 bridgehead atoms. The molecular formula is C12H23NO2. The normalized spacial score (nSPS) is 26.9. The maximum Gasteiger partial charge on any atom is 0.303 e. The van der Waals surface area contributed by atoms with Crippen LogP contribution in [0.5, 0.6) is 0 Å². The molecule has 0 heterocycles. The van der Waals surface area contributed by atoms with E-state index in [1.54, 1.807) is 0 Å². The summed E-state index contributed by atoms with van der Waals surface area (Å²) in [6, 6.07) is 0. The molecule has 0 aromatic carbocycles. The Hall–Kier alpha value is -0.570. The summed E-state index contributed by atoms with van der Waals surface area (Å²) in [4.78, 5) is 12.9. The number of carboxylic acid groups (broad SMARTS) is 1. The van der Waals surface area contributed by atoms with Gasteiger partial charge in [0, 0.05) is 13.0 Å². The van der Waals surface area contributed by atoms with Gasteiger partial charge in [0.25, 0.3) is 0 Å². The topological polar surface area (TPSA) is 40.5 Å². The molecule has 0 amide bonds. The lowest BCUT2D eigenvalue weighted by molar-refractivity contribution is -0.138. The van der Waals surface area contributed by atoms with Crippen LogP contribution in [0.2, 0.25) is 0 Å². The monoisotopic (exact) mass is 213 g/mol. The first-order chi connectivity index (χ1) is 7.11. The van der Waals surface area contributed by atoms with Crippen molar-refractivity contribution in [3.8, 4) is 0 Å². The number of carbonyl (C=O) groups is 1. The average Bonchev–Trinajstić information content (AvgIpc) is 2.20. The van der Waals surface area contributed by atoms with Crippen molar-refractivity contribution in [2.75, 3.05) is 20.1 Å².